The number of fused-ring (bicyclic) bond motifs is 1. The van der Waals surface area contributed by atoms with E-state index in [0.717, 1.165) is 63.1 Å². The van der Waals surface area contributed by atoms with Crippen LogP contribution < -0.4 is 0 Å². The Labute approximate surface area is 200 Å². The molecule has 4 saturated heterocycles. The zero-order chi connectivity index (χ0) is 22.5. The first-order valence-electron chi connectivity index (χ1n) is 12.4. The molecule has 5 rings (SSSR count). The average molecular weight is 481 g/mol. The maximum absolute atomic E-state index is 6.64. The van der Waals surface area contributed by atoms with Gasteiger partial charge in [0.2, 0.25) is 0 Å². The Hall–Kier alpha value is -0.710. The lowest BCUT2D eigenvalue weighted by atomic mass is 9.97. The molecule has 184 valence electrons. The van der Waals surface area contributed by atoms with Crippen LogP contribution in [0.25, 0.3) is 0 Å². The Kier molecular flexibility index (Phi) is 8.60. The topological polar surface area (TPSA) is 64.6 Å². The maximum atomic E-state index is 6.64. The molecule has 8 heteroatoms. The number of thioether (sulfide) groups is 1. The van der Waals surface area contributed by atoms with E-state index in [9.17, 15) is 0 Å². The molecule has 1 aromatic rings. The second kappa shape index (κ2) is 11.8. The minimum atomic E-state index is -0.462. The first-order valence-corrected chi connectivity index (χ1v) is 13.5. The number of rotatable bonds is 7. The van der Waals surface area contributed by atoms with Crippen LogP contribution in [-0.2, 0) is 33.2 Å². The van der Waals surface area contributed by atoms with Gasteiger partial charge in [0, 0.05) is 18.8 Å². The van der Waals surface area contributed by atoms with Crippen molar-refractivity contribution in [3.05, 3.63) is 35.9 Å². The van der Waals surface area contributed by atoms with Crippen molar-refractivity contribution in [1.82, 2.24) is 0 Å². The van der Waals surface area contributed by atoms with Crippen molar-refractivity contribution in [1.29, 1.82) is 0 Å². The van der Waals surface area contributed by atoms with E-state index >= 15 is 0 Å². The average Bonchev–Trinajstić information content (AvgIpc) is 2.88. The summed E-state index contributed by atoms with van der Waals surface area (Å²) in [6.07, 6.45) is 3.96. The highest BCUT2D eigenvalue weighted by atomic mass is 32.2. The van der Waals surface area contributed by atoms with E-state index in [1.54, 1.807) is 11.8 Å². The summed E-state index contributed by atoms with van der Waals surface area (Å²) < 4.78 is 44.2. The molecule has 8 atom stereocenters. The predicted octanol–water partition coefficient (Wildman–Crippen LogP) is 4.40. The summed E-state index contributed by atoms with van der Waals surface area (Å²) in [5.74, 6) is 0.911. The Balaban J connectivity index is 1.39. The van der Waals surface area contributed by atoms with Crippen molar-refractivity contribution < 1.29 is 33.2 Å². The number of hydrogen-bond acceptors (Lipinski definition) is 8. The highest BCUT2D eigenvalue weighted by Gasteiger charge is 2.52. The number of benzene rings is 1. The summed E-state index contributed by atoms with van der Waals surface area (Å²) >= 11 is 1.73. The first-order chi connectivity index (χ1) is 16.3. The lowest BCUT2D eigenvalue weighted by molar-refractivity contribution is -0.357. The molecule has 0 aromatic heterocycles. The van der Waals surface area contributed by atoms with Crippen molar-refractivity contribution in [3.63, 3.8) is 0 Å². The van der Waals surface area contributed by atoms with E-state index in [4.69, 9.17) is 33.2 Å². The van der Waals surface area contributed by atoms with E-state index in [0.29, 0.717) is 6.61 Å². The lowest BCUT2D eigenvalue weighted by Crippen LogP contribution is -2.63. The molecule has 2 unspecified atom stereocenters. The van der Waals surface area contributed by atoms with Gasteiger partial charge in [-0.1, -0.05) is 37.3 Å². The third-order valence-electron chi connectivity index (χ3n) is 6.58. The third-order valence-corrected chi connectivity index (χ3v) is 7.62. The van der Waals surface area contributed by atoms with E-state index in [-0.39, 0.29) is 42.4 Å². The van der Waals surface area contributed by atoms with Crippen molar-refractivity contribution in [3.8, 4) is 0 Å². The van der Waals surface area contributed by atoms with Gasteiger partial charge in [0.25, 0.3) is 0 Å². The van der Waals surface area contributed by atoms with E-state index in [2.05, 4.69) is 6.92 Å². The predicted molar refractivity (Wildman–Crippen MR) is 124 cm³/mol. The monoisotopic (exact) mass is 480 g/mol. The minimum Gasteiger partial charge on any atom is -0.356 e. The van der Waals surface area contributed by atoms with Gasteiger partial charge in [-0.15, -0.1) is 11.8 Å². The van der Waals surface area contributed by atoms with Gasteiger partial charge in [-0.05, 0) is 44.3 Å². The summed E-state index contributed by atoms with van der Waals surface area (Å²) in [4.78, 5) is 0. The van der Waals surface area contributed by atoms with Gasteiger partial charge in [0.1, 0.15) is 29.9 Å². The van der Waals surface area contributed by atoms with Crippen LogP contribution in [0, 0.1) is 0 Å². The third kappa shape index (κ3) is 5.93. The fourth-order valence-corrected chi connectivity index (χ4v) is 5.87. The fraction of sp³-hybridized carbons (Fsp3) is 0.760. The largest absolute Gasteiger partial charge is 0.356 e. The van der Waals surface area contributed by atoms with Crippen molar-refractivity contribution in [2.75, 3.05) is 25.6 Å². The van der Waals surface area contributed by atoms with Gasteiger partial charge in [0.05, 0.1) is 6.61 Å². The van der Waals surface area contributed by atoms with Crippen molar-refractivity contribution >= 4 is 11.8 Å². The molecule has 0 radical (unpaired) electrons. The van der Waals surface area contributed by atoms with Crippen molar-refractivity contribution in [2.24, 2.45) is 0 Å². The molecule has 7 nitrogen and oxygen atoms in total. The van der Waals surface area contributed by atoms with Crippen LogP contribution in [0.15, 0.2) is 30.3 Å². The standard InChI is InChI=1S/C25H36O7S/c1-2-33-25-23(31-20-13-7-9-15-27-20)22(30-19-12-6-8-14-26-19)21-18(29-25)16-28-24(32-21)17-10-4-3-5-11-17/h3-5,10-11,18-25H,2,6-9,12-16H2,1H3/t18-,19?,20?,21-,22+,23-,24+,25+/m1/s1. The molecule has 4 aliphatic rings. The first kappa shape index (κ1) is 24.0. The van der Waals surface area contributed by atoms with Gasteiger partial charge in [-0.2, -0.15) is 0 Å². The summed E-state index contributed by atoms with van der Waals surface area (Å²) in [6.45, 7) is 4.04. The van der Waals surface area contributed by atoms with E-state index in [1.165, 1.54) is 0 Å². The fourth-order valence-electron chi connectivity index (χ4n) is 4.91. The summed E-state index contributed by atoms with van der Waals surface area (Å²) in [5, 5.41) is 0. The number of ether oxygens (including phenoxy) is 7. The highest BCUT2D eigenvalue weighted by Crippen LogP contribution is 2.40. The van der Waals surface area contributed by atoms with Gasteiger partial charge >= 0.3 is 0 Å². The molecular weight excluding hydrogens is 444 g/mol. The second-order valence-electron chi connectivity index (χ2n) is 8.97. The molecule has 4 aliphatic heterocycles. The number of hydrogen-bond donors (Lipinski definition) is 0. The molecule has 0 spiro atoms. The van der Waals surface area contributed by atoms with Crippen LogP contribution in [-0.4, -0.2) is 68.0 Å². The normalized spacial score (nSPS) is 39.7. The summed E-state index contributed by atoms with van der Waals surface area (Å²) in [5.41, 5.74) is 0.803. The van der Waals surface area contributed by atoms with Gasteiger partial charge < -0.3 is 33.2 Å². The molecule has 4 heterocycles. The van der Waals surface area contributed by atoms with Crippen LogP contribution in [0.5, 0.6) is 0 Å². The second-order valence-corrected chi connectivity index (χ2v) is 10.3. The molecule has 4 fully saturated rings. The Bertz CT molecular complexity index is 710. The molecular formula is C25H36O7S. The van der Waals surface area contributed by atoms with Crippen LogP contribution in [0.4, 0.5) is 0 Å². The zero-order valence-corrected chi connectivity index (χ0v) is 20.2. The van der Waals surface area contributed by atoms with Gasteiger partial charge in [0.15, 0.2) is 18.9 Å². The highest BCUT2D eigenvalue weighted by molar-refractivity contribution is 7.99. The molecule has 0 N–H and O–H groups in total. The van der Waals surface area contributed by atoms with Crippen LogP contribution >= 0.6 is 11.8 Å². The molecule has 0 amide bonds. The Morgan fingerprint density at radius 3 is 2.18 bits per heavy atom. The van der Waals surface area contributed by atoms with Gasteiger partial charge in [-0.25, -0.2) is 0 Å². The van der Waals surface area contributed by atoms with E-state index in [1.807, 2.05) is 30.3 Å². The molecule has 33 heavy (non-hydrogen) atoms. The molecule has 0 aliphatic carbocycles. The summed E-state index contributed by atoms with van der Waals surface area (Å²) in [7, 11) is 0. The van der Waals surface area contributed by atoms with Crippen LogP contribution in [0.1, 0.15) is 57.3 Å². The SMILES string of the molecule is CCS[C@@H]1O[C@@H]2CO[C@H](c3ccccc3)O[C@H]2[C@H](OC2CCCCO2)[C@H]1OC1CCCCO1. The lowest BCUT2D eigenvalue weighted by Gasteiger charge is -2.50. The smallest absolute Gasteiger partial charge is 0.184 e. The van der Waals surface area contributed by atoms with Crippen LogP contribution in [0.2, 0.25) is 0 Å². The molecule has 1 aromatic carbocycles. The van der Waals surface area contributed by atoms with Crippen molar-refractivity contribution in [2.45, 2.75) is 94.2 Å². The quantitative estimate of drug-likeness (QED) is 0.569. The van der Waals surface area contributed by atoms with E-state index < -0.39 is 6.29 Å². The summed E-state index contributed by atoms with van der Waals surface area (Å²) in [6, 6.07) is 10.0. The molecule has 0 saturated carbocycles. The van der Waals surface area contributed by atoms with Crippen LogP contribution in [0.3, 0.4) is 0 Å². The minimum absolute atomic E-state index is 0.184. The van der Waals surface area contributed by atoms with Gasteiger partial charge in [-0.3, -0.25) is 0 Å². The zero-order valence-electron chi connectivity index (χ0n) is 19.3. The maximum Gasteiger partial charge on any atom is 0.184 e. The Morgan fingerprint density at radius 1 is 0.848 bits per heavy atom. The molecule has 0 bridgehead atoms. The Morgan fingerprint density at radius 2 is 1.55 bits per heavy atom.